The van der Waals surface area contributed by atoms with Crippen molar-refractivity contribution in [3.63, 3.8) is 0 Å². The standard InChI is InChI=1S/C11H19NO5/c1-8-7-17-9(6-13)5-12(8)10(14)3-2-4-11(15)16/h8-9,13H,2-7H2,1H3,(H,15,16). The van der Waals surface area contributed by atoms with E-state index in [4.69, 9.17) is 14.9 Å². The summed E-state index contributed by atoms with van der Waals surface area (Å²) in [6.07, 6.45) is 0.264. The molecular formula is C11H19NO5. The zero-order chi connectivity index (χ0) is 12.8. The predicted molar refractivity (Wildman–Crippen MR) is 59.5 cm³/mol. The van der Waals surface area contributed by atoms with Gasteiger partial charge in [-0.1, -0.05) is 0 Å². The van der Waals surface area contributed by atoms with Crippen LogP contribution in [-0.2, 0) is 14.3 Å². The molecule has 1 fully saturated rings. The van der Waals surface area contributed by atoms with Crippen LogP contribution in [0.3, 0.4) is 0 Å². The van der Waals surface area contributed by atoms with E-state index in [9.17, 15) is 9.59 Å². The second-order valence-corrected chi connectivity index (χ2v) is 4.28. The van der Waals surface area contributed by atoms with E-state index in [0.717, 1.165) is 0 Å². The van der Waals surface area contributed by atoms with Gasteiger partial charge in [0.25, 0.3) is 0 Å². The summed E-state index contributed by atoms with van der Waals surface area (Å²) in [6, 6.07) is -0.0184. The number of hydrogen-bond acceptors (Lipinski definition) is 4. The van der Waals surface area contributed by atoms with Gasteiger partial charge in [0.15, 0.2) is 0 Å². The van der Waals surface area contributed by atoms with Crippen LogP contribution in [0.4, 0.5) is 0 Å². The Morgan fingerprint density at radius 2 is 2.12 bits per heavy atom. The van der Waals surface area contributed by atoms with Gasteiger partial charge >= 0.3 is 5.97 Å². The van der Waals surface area contributed by atoms with Gasteiger partial charge in [-0.05, 0) is 13.3 Å². The van der Waals surface area contributed by atoms with Crippen LogP contribution in [0, 0.1) is 0 Å². The second-order valence-electron chi connectivity index (χ2n) is 4.28. The van der Waals surface area contributed by atoms with Gasteiger partial charge in [-0.15, -0.1) is 0 Å². The molecule has 2 unspecified atom stereocenters. The van der Waals surface area contributed by atoms with Crippen molar-refractivity contribution in [2.24, 2.45) is 0 Å². The summed E-state index contributed by atoms with van der Waals surface area (Å²) in [5.74, 6) is -0.957. The summed E-state index contributed by atoms with van der Waals surface area (Å²) in [4.78, 5) is 23.8. The number of carboxylic acid groups (broad SMARTS) is 1. The van der Waals surface area contributed by atoms with Gasteiger partial charge in [-0.3, -0.25) is 9.59 Å². The van der Waals surface area contributed by atoms with E-state index in [1.165, 1.54) is 0 Å². The molecule has 0 aromatic carbocycles. The van der Waals surface area contributed by atoms with Crippen molar-refractivity contribution in [1.29, 1.82) is 0 Å². The Morgan fingerprint density at radius 3 is 2.71 bits per heavy atom. The average Bonchev–Trinajstić information content (AvgIpc) is 2.29. The fraction of sp³-hybridized carbons (Fsp3) is 0.818. The highest BCUT2D eigenvalue weighted by Gasteiger charge is 2.28. The molecule has 1 saturated heterocycles. The second kappa shape index (κ2) is 6.56. The summed E-state index contributed by atoms with van der Waals surface area (Å²) in [5, 5.41) is 17.5. The summed E-state index contributed by atoms with van der Waals surface area (Å²) in [5.41, 5.74) is 0. The number of aliphatic hydroxyl groups is 1. The highest BCUT2D eigenvalue weighted by atomic mass is 16.5. The third kappa shape index (κ3) is 4.32. The third-order valence-corrected chi connectivity index (χ3v) is 2.81. The van der Waals surface area contributed by atoms with Crippen molar-refractivity contribution in [3.8, 4) is 0 Å². The van der Waals surface area contributed by atoms with Gasteiger partial charge in [-0.25, -0.2) is 0 Å². The van der Waals surface area contributed by atoms with E-state index in [1.807, 2.05) is 6.92 Å². The van der Waals surface area contributed by atoms with Crippen LogP contribution >= 0.6 is 0 Å². The fourth-order valence-corrected chi connectivity index (χ4v) is 1.81. The number of aliphatic carboxylic acids is 1. The van der Waals surface area contributed by atoms with Crippen molar-refractivity contribution >= 4 is 11.9 Å². The Kier molecular flexibility index (Phi) is 5.37. The minimum Gasteiger partial charge on any atom is -0.481 e. The molecule has 0 radical (unpaired) electrons. The monoisotopic (exact) mass is 245 g/mol. The summed E-state index contributed by atoms with van der Waals surface area (Å²) < 4.78 is 5.32. The van der Waals surface area contributed by atoms with E-state index in [0.29, 0.717) is 19.6 Å². The maximum absolute atomic E-state index is 11.8. The first-order chi connectivity index (χ1) is 8.04. The topological polar surface area (TPSA) is 87.1 Å². The van der Waals surface area contributed by atoms with Crippen LogP contribution in [0.2, 0.25) is 0 Å². The molecule has 2 atom stereocenters. The third-order valence-electron chi connectivity index (χ3n) is 2.81. The van der Waals surface area contributed by atoms with Crippen LogP contribution in [0.5, 0.6) is 0 Å². The van der Waals surface area contributed by atoms with Crippen LogP contribution < -0.4 is 0 Å². The van der Waals surface area contributed by atoms with Gasteiger partial charge in [0.1, 0.15) is 0 Å². The van der Waals surface area contributed by atoms with Gasteiger partial charge in [0, 0.05) is 19.4 Å². The molecule has 2 N–H and O–H groups in total. The number of carboxylic acids is 1. The van der Waals surface area contributed by atoms with E-state index in [2.05, 4.69) is 0 Å². The molecule has 1 aliphatic heterocycles. The first-order valence-electron chi connectivity index (χ1n) is 5.78. The van der Waals surface area contributed by atoms with Crippen molar-refractivity contribution < 1.29 is 24.5 Å². The number of morpholine rings is 1. The normalized spacial score (nSPS) is 24.7. The molecule has 0 saturated carbocycles. The van der Waals surface area contributed by atoms with Crippen molar-refractivity contribution in [3.05, 3.63) is 0 Å². The molecule has 6 heteroatoms. The van der Waals surface area contributed by atoms with Gasteiger partial charge in [-0.2, -0.15) is 0 Å². The lowest BCUT2D eigenvalue weighted by atomic mass is 10.1. The number of carbonyl (C=O) groups excluding carboxylic acids is 1. The Labute approximate surface area is 100 Å². The molecule has 0 aromatic heterocycles. The molecule has 0 spiro atoms. The highest BCUT2D eigenvalue weighted by molar-refractivity contribution is 5.77. The quantitative estimate of drug-likeness (QED) is 0.703. The zero-order valence-corrected chi connectivity index (χ0v) is 9.96. The number of amides is 1. The molecule has 0 aromatic rings. The maximum Gasteiger partial charge on any atom is 0.303 e. The average molecular weight is 245 g/mol. The minimum absolute atomic E-state index is 0.00783. The summed E-state index contributed by atoms with van der Waals surface area (Å²) >= 11 is 0. The first kappa shape index (κ1) is 13.9. The van der Waals surface area contributed by atoms with Crippen molar-refractivity contribution in [2.75, 3.05) is 19.8 Å². The number of carbonyl (C=O) groups is 2. The molecule has 1 heterocycles. The minimum atomic E-state index is -0.888. The molecule has 1 amide bonds. The lowest BCUT2D eigenvalue weighted by Gasteiger charge is -2.37. The lowest BCUT2D eigenvalue weighted by molar-refractivity contribution is -0.146. The molecule has 1 aliphatic rings. The van der Waals surface area contributed by atoms with Crippen LogP contribution in [0.1, 0.15) is 26.2 Å². The molecule has 98 valence electrons. The van der Waals surface area contributed by atoms with Crippen molar-refractivity contribution in [2.45, 2.75) is 38.3 Å². The van der Waals surface area contributed by atoms with E-state index >= 15 is 0 Å². The molecular weight excluding hydrogens is 226 g/mol. The van der Waals surface area contributed by atoms with Crippen LogP contribution in [0.25, 0.3) is 0 Å². The summed E-state index contributed by atoms with van der Waals surface area (Å²) in [7, 11) is 0. The molecule has 17 heavy (non-hydrogen) atoms. The summed E-state index contributed by atoms with van der Waals surface area (Å²) in [6.45, 7) is 2.56. The Morgan fingerprint density at radius 1 is 1.41 bits per heavy atom. The van der Waals surface area contributed by atoms with Gasteiger partial charge in [0.05, 0.1) is 25.4 Å². The fourth-order valence-electron chi connectivity index (χ4n) is 1.81. The molecule has 0 aliphatic carbocycles. The number of rotatable bonds is 5. The van der Waals surface area contributed by atoms with Crippen LogP contribution in [0.15, 0.2) is 0 Å². The first-order valence-corrected chi connectivity index (χ1v) is 5.78. The number of aliphatic hydroxyl groups excluding tert-OH is 1. The number of ether oxygens (including phenoxy) is 1. The zero-order valence-electron chi connectivity index (χ0n) is 9.96. The molecule has 1 rings (SSSR count). The Hall–Kier alpha value is -1.14. The van der Waals surface area contributed by atoms with E-state index in [-0.39, 0.29) is 37.5 Å². The van der Waals surface area contributed by atoms with E-state index in [1.54, 1.807) is 4.90 Å². The molecule has 6 nitrogen and oxygen atoms in total. The maximum atomic E-state index is 11.8. The largest absolute Gasteiger partial charge is 0.481 e. The van der Waals surface area contributed by atoms with Gasteiger partial charge < -0.3 is 19.8 Å². The highest BCUT2D eigenvalue weighted by Crippen LogP contribution is 2.13. The van der Waals surface area contributed by atoms with Crippen LogP contribution in [-0.4, -0.2) is 58.9 Å². The smallest absolute Gasteiger partial charge is 0.303 e. The van der Waals surface area contributed by atoms with Gasteiger partial charge in [0.2, 0.25) is 5.91 Å². The SMILES string of the molecule is CC1COC(CO)CN1C(=O)CCCC(=O)O. The predicted octanol–water partition coefficient (Wildman–Crippen LogP) is -0.151. The number of hydrogen-bond donors (Lipinski definition) is 2. The Balaban J connectivity index is 2.40. The van der Waals surface area contributed by atoms with E-state index < -0.39 is 5.97 Å². The lowest BCUT2D eigenvalue weighted by Crippen LogP contribution is -2.52. The number of nitrogens with zero attached hydrogens (tertiary/aromatic N) is 1. The van der Waals surface area contributed by atoms with Crippen molar-refractivity contribution in [1.82, 2.24) is 4.90 Å². The molecule has 0 bridgehead atoms. The Bertz CT molecular complexity index is 281.